The van der Waals surface area contributed by atoms with Crippen LogP contribution in [0.25, 0.3) is 0 Å². The number of unbranched alkanes of at least 4 members (excludes halogenated alkanes) is 9. The van der Waals surface area contributed by atoms with Crippen LogP contribution in [0.1, 0.15) is 97.3 Å². The molecule has 0 aromatic carbocycles. The van der Waals surface area contributed by atoms with Crippen molar-refractivity contribution in [1.29, 1.82) is 0 Å². The summed E-state index contributed by atoms with van der Waals surface area (Å²) in [4.78, 5) is 0. The normalized spacial score (nSPS) is 12.8. The van der Waals surface area contributed by atoms with Gasteiger partial charge in [0.05, 0.1) is 6.61 Å². The van der Waals surface area contributed by atoms with Gasteiger partial charge in [0.15, 0.2) is 0 Å². The van der Waals surface area contributed by atoms with Gasteiger partial charge in [-0.2, -0.15) is 0 Å². The van der Waals surface area contributed by atoms with E-state index in [-0.39, 0.29) is 36.2 Å². The number of rotatable bonds is 16. The van der Waals surface area contributed by atoms with Gasteiger partial charge in [0.2, 0.25) is 10.4 Å². The fourth-order valence-corrected chi connectivity index (χ4v) is 3.03. The molecule has 0 saturated heterocycles. The molecule has 0 N–H and O–H groups in total. The number of hydrogen-bond acceptors (Lipinski definition) is 4. The second-order valence-electron chi connectivity index (χ2n) is 6.45. The molecule has 4 nitrogen and oxygen atoms in total. The van der Waals surface area contributed by atoms with E-state index in [9.17, 15) is 13.0 Å². The largest absolute Gasteiger partial charge is 1.00 e. The Labute approximate surface area is 166 Å². The molecule has 1 unspecified atom stereocenters. The Hall–Kier alpha value is 0.870. The first kappa shape index (κ1) is 26.1. The van der Waals surface area contributed by atoms with Gasteiger partial charge in [-0.15, -0.1) is 0 Å². The maximum atomic E-state index is 10.2. The smallest absolute Gasteiger partial charge is 0.726 e. The van der Waals surface area contributed by atoms with E-state index in [0.29, 0.717) is 6.42 Å². The first-order chi connectivity index (χ1) is 10.5. The molecule has 23 heavy (non-hydrogen) atoms. The van der Waals surface area contributed by atoms with Crippen LogP contribution in [0.3, 0.4) is 0 Å². The Morgan fingerprint density at radius 2 is 1.26 bits per heavy atom. The van der Waals surface area contributed by atoms with Crippen molar-refractivity contribution in [3.05, 3.63) is 0 Å². The predicted octanol–water partition coefficient (Wildman–Crippen LogP) is 2.19. The van der Waals surface area contributed by atoms with Crippen molar-refractivity contribution in [1.82, 2.24) is 0 Å². The van der Waals surface area contributed by atoms with E-state index >= 15 is 0 Å². The summed E-state index contributed by atoms with van der Waals surface area (Å²) >= 11 is 0. The van der Waals surface area contributed by atoms with Crippen molar-refractivity contribution in [2.24, 2.45) is 5.92 Å². The van der Waals surface area contributed by atoms with Crippen LogP contribution in [-0.2, 0) is 14.6 Å². The zero-order valence-electron chi connectivity index (χ0n) is 15.5. The van der Waals surface area contributed by atoms with Gasteiger partial charge in [0.25, 0.3) is 0 Å². The van der Waals surface area contributed by atoms with Gasteiger partial charge in [0, 0.05) is 0 Å². The van der Waals surface area contributed by atoms with Gasteiger partial charge in [-0.3, -0.25) is 4.18 Å². The second-order valence-corrected chi connectivity index (χ2v) is 7.50. The standard InChI is InChI=1S/C17H36O4S.Na/c1-3-4-5-6-8-11-14-17(2)15-12-9-7-10-13-16-21-22(18,19)20;/h17H,3-16H2,1-2H3,(H,18,19,20);/q;+1/p-1. The first-order valence-corrected chi connectivity index (χ1v) is 10.4. The van der Waals surface area contributed by atoms with Crippen LogP contribution in [0.2, 0.25) is 0 Å². The zero-order valence-corrected chi connectivity index (χ0v) is 18.3. The summed E-state index contributed by atoms with van der Waals surface area (Å²) in [6, 6.07) is 0. The van der Waals surface area contributed by atoms with Gasteiger partial charge >= 0.3 is 29.6 Å². The molecule has 0 fully saturated rings. The second kappa shape index (κ2) is 17.7. The third kappa shape index (κ3) is 22.9. The Balaban J connectivity index is 0. The average Bonchev–Trinajstić information content (AvgIpc) is 2.44. The Morgan fingerprint density at radius 3 is 1.74 bits per heavy atom. The number of hydrogen-bond donors (Lipinski definition) is 0. The summed E-state index contributed by atoms with van der Waals surface area (Å²) < 4.78 is 34.8. The van der Waals surface area contributed by atoms with Crippen molar-refractivity contribution in [3.8, 4) is 0 Å². The molecule has 0 aromatic rings. The Morgan fingerprint density at radius 1 is 0.826 bits per heavy atom. The molecule has 0 aliphatic rings. The summed E-state index contributed by atoms with van der Waals surface area (Å²) in [6.45, 7) is 4.63. The fourth-order valence-electron chi connectivity index (χ4n) is 2.70. The SMILES string of the molecule is CCCCCCCCC(C)CCCCCCCOS(=O)(=O)[O-].[Na+]. The van der Waals surface area contributed by atoms with E-state index in [2.05, 4.69) is 18.0 Å². The van der Waals surface area contributed by atoms with Gasteiger partial charge < -0.3 is 4.55 Å². The maximum absolute atomic E-state index is 10.2. The summed E-state index contributed by atoms with van der Waals surface area (Å²) in [5, 5.41) is 0. The van der Waals surface area contributed by atoms with Crippen molar-refractivity contribution in [2.45, 2.75) is 97.3 Å². The molecular weight excluding hydrogens is 323 g/mol. The molecular formula is C17H35NaO4S. The summed E-state index contributed by atoms with van der Waals surface area (Å²) in [5.41, 5.74) is 0. The van der Waals surface area contributed by atoms with Crippen LogP contribution in [0.15, 0.2) is 0 Å². The molecule has 6 heteroatoms. The molecule has 0 aliphatic carbocycles. The molecule has 0 aliphatic heterocycles. The van der Waals surface area contributed by atoms with E-state index in [1.807, 2.05) is 0 Å². The topological polar surface area (TPSA) is 66.4 Å². The van der Waals surface area contributed by atoms with Gasteiger partial charge in [-0.25, -0.2) is 8.42 Å². The van der Waals surface area contributed by atoms with Crippen molar-refractivity contribution in [2.75, 3.05) is 6.61 Å². The van der Waals surface area contributed by atoms with E-state index in [0.717, 1.165) is 18.8 Å². The molecule has 0 amide bonds. The predicted molar refractivity (Wildman–Crippen MR) is 90.5 cm³/mol. The first-order valence-electron chi connectivity index (χ1n) is 9.06. The third-order valence-electron chi connectivity index (χ3n) is 4.12. The van der Waals surface area contributed by atoms with Crippen LogP contribution in [0, 0.1) is 5.92 Å². The summed E-state index contributed by atoms with van der Waals surface area (Å²) in [7, 11) is -4.50. The molecule has 0 aromatic heterocycles. The average molecular weight is 359 g/mol. The van der Waals surface area contributed by atoms with Crippen molar-refractivity contribution < 1.29 is 46.7 Å². The van der Waals surface area contributed by atoms with Crippen LogP contribution in [-0.4, -0.2) is 19.6 Å². The van der Waals surface area contributed by atoms with Gasteiger partial charge in [-0.05, 0) is 12.3 Å². The quantitative estimate of drug-likeness (QED) is 0.184. The van der Waals surface area contributed by atoms with Crippen LogP contribution >= 0.6 is 0 Å². The van der Waals surface area contributed by atoms with Gasteiger partial charge in [0.1, 0.15) is 0 Å². The van der Waals surface area contributed by atoms with E-state index < -0.39 is 10.4 Å². The third-order valence-corrected chi connectivity index (χ3v) is 4.57. The monoisotopic (exact) mass is 358 g/mol. The molecule has 0 rings (SSSR count). The Bertz CT molecular complexity index is 333. The summed E-state index contributed by atoms with van der Waals surface area (Å²) in [6.07, 6.45) is 16.0. The molecule has 0 saturated carbocycles. The summed E-state index contributed by atoms with van der Waals surface area (Å²) in [5.74, 6) is 0.820. The van der Waals surface area contributed by atoms with E-state index in [1.54, 1.807) is 0 Å². The molecule has 0 spiro atoms. The maximum Gasteiger partial charge on any atom is 1.00 e. The van der Waals surface area contributed by atoms with E-state index in [1.165, 1.54) is 64.2 Å². The minimum absolute atomic E-state index is 0. The molecule has 0 bridgehead atoms. The van der Waals surface area contributed by atoms with Crippen molar-refractivity contribution in [3.63, 3.8) is 0 Å². The minimum atomic E-state index is -4.50. The van der Waals surface area contributed by atoms with Crippen LogP contribution in [0.5, 0.6) is 0 Å². The van der Waals surface area contributed by atoms with Crippen LogP contribution in [0.4, 0.5) is 0 Å². The fraction of sp³-hybridized carbons (Fsp3) is 1.00. The molecule has 1 atom stereocenters. The molecule has 0 heterocycles. The van der Waals surface area contributed by atoms with Gasteiger partial charge in [-0.1, -0.05) is 90.9 Å². The van der Waals surface area contributed by atoms with Crippen LogP contribution < -0.4 is 29.6 Å². The molecule has 134 valence electrons. The molecule has 0 radical (unpaired) electrons. The van der Waals surface area contributed by atoms with E-state index in [4.69, 9.17) is 0 Å². The zero-order chi connectivity index (χ0) is 16.7. The minimum Gasteiger partial charge on any atom is -0.726 e. The Kier molecular flexibility index (Phi) is 20.1. The van der Waals surface area contributed by atoms with Crippen molar-refractivity contribution >= 4 is 10.4 Å².